The van der Waals surface area contributed by atoms with Crippen molar-refractivity contribution in [3.8, 4) is 0 Å². The normalized spacial score (nSPS) is 31.9. The molecule has 2 saturated heterocycles. The molecule has 2 rings (SSSR count). The summed E-state index contributed by atoms with van der Waals surface area (Å²) in [5.74, 6) is 0. The Morgan fingerprint density at radius 1 is 1.24 bits per heavy atom. The van der Waals surface area contributed by atoms with Crippen LogP contribution in [0.15, 0.2) is 0 Å². The molecule has 0 aliphatic carbocycles. The number of piperidine rings is 1. The van der Waals surface area contributed by atoms with Crippen molar-refractivity contribution in [1.82, 2.24) is 10.2 Å². The van der Waals surface area contributed by atoms with Crippen LogP contribution in [0, 0.1) is 0 Å². The molecule has 2 aliphatic rings. The number of nitrogens with one attached hydrogen (secondary N) is 1. The molecule has 2 fully saturated rings. The molecule has 0 aromatic carbocycles. The van der Waals surface area contributed by atoms with Crippen LogP contribution in [0.2, 0.25) is 0 Å². The van der Waals surface area contributed by atoms with E-state index in [2.05, 4.69) is 24.1 Å². The summed E-state index contributed by atoms with van der Waals surface area (Å²) in [5.41, 5.74) is 0. The van der Waals surface area contributed by atoms with Crippen LogP contribution in [0.3, 0.4) is 0 Å². The van der Waals surface area contributed by atoms with E-state index in [1.807, 2.05) is 0 Å². The largest absolute Gasteiger partial charge is 0.377 e. The fourth-order valence-corrected chi connectivity index (χ4v) is 3.07. The summed E-state index contributed by atoms with van der Waals surface area (Å²) in [5, 5.41) is 3.67. The van der Waals surface area contributed by atoms with Crippen LogP contribution in [0.5, 0.6) is 0 Å². The highest BCUT2D eigenvalue weighted by atomic mass is 16.5. The third-order valence-electron chi connectivity index (χ3n) is 3.81. The van der Waals surface area contributed by atoms with Gasteiger partial charge in [0.15, 0.2) is 0 Å². The molecule has 100 valence electrons. The van der Waals surface area contributed by atoms with Crippen molar-refractivity contribution in [2.75, 3.05) is 26.2 Å². The first-order chi connectivity index (χ1) is 8.24. The fourth-order valence-electron chi connectivity index (χ4n) is 3.07. The van der Waals surface area contributed by atoms with Crippen LogP contribution < -0.4 is 5.32 Å². The second-order valence-electron chi connectivity index (χ2n) is 5.91. The molecule has 0 saturated carbocycles. The van der Waals surface area contributed by atoms with Crippen LogP contribution in [-0.2, 0) is 4.74 Å². The van der Waals surface area contributed by atoms with E-state index in [4.69, 9.17) is 4.74 Å². The van der Waals surface area contributed by atoms with E-state index in [1.165, 1.54) is 45.2 Å². The van der Waals surface area contributed by atoms with Crippen LogP contribution in [-0.4, -0.2) is 49.3 Å². The maximum absolute atomic E-state index is 5.83. The SMILES string of the molecule is CC(C)NC1CCCN(CC2CCCCO2)C1. The van der Waals surface area contributed by atoms with E-state index in [0.717, 1.165) is 13.2 Å². The summed E-state index contributed by atoms with van der Waals surface area (Å²) in [4.78, 5) is 2.60. The third kappa shape index (κ3) is 4.57. The minimum Gasteiger partial charge on any atom is -0.377 e. The summed E-state index contributed by atoms with van der Waals surface area (Å²) in [7, 11) is 0. The molecule has 0 aromatic heterocycles. The lowest BCUT2D eigenvalue weighted by molar-refractivity contribution is -0.0110. The molecule has 2 atom stereocenters. The average molecular weight is 240 g/mol. The van der Waals surface area contributed by atoms with Gasteiger partial charge in [0, 0.05) is 31.8 Å². The Balaban J connectivity index is 1.72. The zero-order valence-electron chi connectivity index (χ0n) is 11.5. The van der Waals surface area contributed by atoms with Gasteiger partial charge in [-0.2, -0.15) is 0 Å². The minimum absolute atomic E-state index is 0.501. The highest BCUT2D eigenvalue weighted by molar-refractivity contribution is 4.81. The standard InChI is InChI=1S/C14H28N2O/c1-12(2)15-13-6-5-8-16(10-13)11-14-7-3-4-9-17-14/h12-15H,3-11H2,1-2H3. The van der Waals surface area contributed by atoms with Gasteiger partial charge >= 0.3 is 0 Å². The van der Waals surface area contributed by atoms with Crippen molar-refractivity contribution in [2.24, 2.45) is 0 Å². The Labute approximate surface area is 106 Å². The van der Waals surface area contributed by atoms with Crippen LogP contribution in [0.4, 0.5) is 0 Å². The van der Waals surface area contributed by atoms with Gasteiger partial charge in [0.2, 0.25) is 0 Å². The van der Waals surface area contributed by atoms with Crippen molar-refractivity contribution in [3.05, 3.63) is 0 Å². The van der Waals surface area contributed by atoms with Crippen molar-refractivity contribution in [1.29, 1.82) is 0 Å². The van der Waals surface area contributed by atoms with Gasteiger partial charge in [-0.3, -0.25) is 4.90 Å². The van der Waals surface area contributed by atoms with Crippen LogP contribution >= 0.6 is 0 Å². The van der Waals surface area contributed by atoms with Gasteiger partial charge in [0.05, 0.1) is 6.10 Å². The molecule has 0 aromatic rings. The van der Waals surface area contributed by atoms with E-state index in [9.17, 15) is 0 Å². The number of nitrogens with zero attached hydrogens (tertiary/aromatic N) is 1. The van der Waals surface area contributed by atoms with Gasteiger partial charge in [0.1, 0.15) is 0 Å². The maximum atomic E-state index is 5.83. The predicted octanol–water partition coefficient (Wildman–Crippen LogP) is 2.02. The van der Waals surface area contributed by atoms with Crippen molar-refractivity contribution in [2.45, 2.75) is 64.1 Å². The summed E-state index contributed by atoms with van der Waals surface area (Å²) in [6, 6.07) is 1.29. The van der Waals surface area contributed by atoms with Gasteiger partial charge in [-0.15, -0.1) is 0 Å². The molecule has 2 heterocycles. The van der Waals surface area contributed by atoms with Gasteiger partial charge < -0.3 is 10.1 Å². The lowest BCUT2D eigenvalue weighted by atomic mass is 10.0. The topological polar surface area (TPSA) is 24.5 Å². The number of hydrogen-bond donors (Lipinski definition) is 1. The summed E-state index contributed by atoms with van der Waals surface area (Å²) in [6.07, 6.45) is 7.04. The zero-order valence-corrected chi connectivity index (χ0v) is 11.5. The molecule has 2 unspecified atom stereocenters. The molecule has 0 amide bonds. The molecule has 0 radical (unpaired) electrons. The van der Waals surface area contributed by atoms with Crippen molar-refractivity contribution >= 4 is 0 Å². The Morgan fingerprint density at radius 2 is 2.12 bits per heavy atom. The Hall–Kier alpha value is -0.120. The summed E-state index contributed by atoms with van der Waals surface area (Å²) < 4.78 is 5.83. The van der Waals surface area contributed by atoms with E-state index in [-0.39, 0.29) is 0 Å². The lowest BCUT2D eigenvalue weighted by Gasteiger charge is -2.37. The highest BCUT2D eigenvalue weighted by Gasteiger charge is 2.23. The third-order valence-corrected chi connectivity index (χ3v) is 3.81. The number of rotatable bonds is 4. The van der Waals surface area contributed by atoms with Crippen LogP contribution in [0.1, 0.15) is 46.0 Å². The average Bonchev–Trinajstić information content (AvgIpc) is 2.30. The second-order valence-corrected chi connectivity index (χ2v) is 5.91. The molecule has 1 N–H and O–H groups in total. The first kappa shape index (κ1) is 13.3. The van der Waals surface area contributed by atoms with Gasteiger partial charge in [-0.05, 0) is 38.6 Å². The Bertz CT molecular complexity index is 214. The second kappa shape index (κ2) is 6.72. The summed E-state index contributed by atoms with van der Waals surface area (Å²) >= 11 is 0. The first-order valence-electron chi connectivity index (χ1n) is 7.34. The Morgan fingerprint density at radius 3 is 2.82 bits per heavy atom. The van der Waals surface area contributed by atoms with Crippen molar-refractivity contribution < 1.29 is 4.74 Å². The fraction of sp³-hybridized carbons (Fsp3) is 1.00. The molecular weight excluding hydrogens is 212 g/mol. The maximum Gasteiger partial charge on any atom is 0.0702 e. The van der Waals surface area contributed by atoms with Crippen molar-refractivity contribution in [3.63, 3.8) is 0 Å². The molecule has 0 bridgehead atoms. The predicted molar refractivity (Wildman–Crippen MR) is 71.3 cm³/mol. The summed E-state index contributed by atoms with van der Waals surface area (Å²) in [6.45, 7) is 9.07. The van der Waals surface area contributed by atoms with Crippen LogP contribution in [0.25, 0.3) is 0 Å². The minimum atomic E-state index is 0.501. The molecule has 17 heavy (non-hydrogen) atoms. The Kier molecular flexibility index (Phi) is 5.26. The monoisotopic (exact) mass is 240 g/mol. The van der Waals surface area contributed by atoms with E-state index < -0.39 is 0 Å². The highest BCUT2D eigenvalue weighted by Crippen LogP contribution is 2.17. The van der Waals surface area contributed by atoms with Gasteiger partial charge in [-0.25, -0.2) is 0 Å². The van der Waals surface area contributed by atoms with E-state index in [0.29, 0.717) is 18.2 Å². The quantitative estimate of drug-likeness (QED) is 0.813. The molecule has 3 nitrogen and oxygen atoms in total. The molecule has 3 heteroatoms. The lowest BCUT2D eigenvalue weighted by Crippen LogP contribution is -2.50. The van der Waals surface area contributed by atoms with Gasteiger partial charge in [-0.1, -0.05) is 13.8 Å². The molecule has 2 aliphatic heterocycles. The first-order valence-corrected chi connectivity index (χ1v) is 7.34. The van der Waals surface area contributed by atoms with Gasteiger partial charge in [0.25, 0.3) is 0 Å². The zero-order chi connectivity index (χ0) is 12.1. The smallest absolute Gasteiger partial charge is 0.0702 e. The number of likely N-dealkylation sites (tertiary alicyclic amines) is 1. The number of ether oxygens (including phenoxy) is 1. The van der Waals surface area contributed by atoms with E-state index in [1.54, 1.807) is 0 Å². The molecule has 0 spiro atoms. The van der Waals surface area contributed by atoms with E-state index >= 15 is 0 Å². The number of hydrogen-bond acceptors (Lipinski definition) is 3. The molecular formula is C14H28N2O.